The zero-order valence-corrected chi connectivity index (χ0v) is 11.3. The highest BCUT2D eigenvalue weighted by atomic mass is 19.1. The van der Waals surface area contributed by atoms with Crippen molar-refractivity contribution in [1.29, 1.82) is 0 Å². The summed E-state index contributed by atoms with van der Waals surface area (Å²) in [4.78, 5) is 14.6. The van der Waals surface area contributed by atoms with E-state index < -0.39 is 6.09 Å². The van der Waals surface area contributed by atoms with E-state index in [4.69, 9.17) is 4.74 Å². The summed E-state index contributed by atoms with van der Waals surface area (Å²) < 4.78 is 18.3. The summed E-state index contributed by atoms with van der Waals surface area (Å²) in [6, 6.07) is 4.73. The molecule has 1 heterocycles. The molecular weight excluding hydrogens is 259 g/mol. The highest BCUT2D eigenvalue weighted by Gasteiger charge is 2.46. The highest BCUT2D eigenvalue weighted by Crippen LogP contribution is 2.50. The van der Waals surface area contributed by atoms with Crippen LogP contribution < -0.4 is 5.32 Å². The molecule has 5 heteroatoms. The van der Waals surface area contributed by atoms with E-state index in [2.05, 4.69) is 10.3 Å². The van der Waals surface area contributed by atoms with Crippen LogP contribution in [-0.2, 0) is 10.2 Å². The molecule has 106 valence electrons. The number of alkyl carbamates (subject to hydrolysis) is 1. The Labute approximate surface area is 116 Å². The maximum Gasteiger partial charge on any atom is 0.407 e. The number of amides is 1. The van der Waals surface area contributed by atoms with Gasteiger partial charge in [0.25, 0.3) is 0 Å². The Morgan fingerprint density at radius 1 is 1.50 bits per heavy atom. The highest BCUT2D eigenvalue weighted by molar-refractivity contribution is 5.85. The molecule has 0 spiro atoms. The van der Waals surface area contributed by atoms with E-state index >= 15 is 0 Å². The predicted molar refractivity (Wildman–Crippen MR) is 74.2 cm³/mol. The van der Waals surface area contributed by atoms with Crippen molar-refractivity contribution in [3.05, 3.63) is 35.8 Å². The third kappa shape index (κ3) is 2.24. The van der Waals surface area contributed by atoms with Crippen LogP contribution in [0.15, 0.2) is 24.4 Å². The van der Waals surface area contributed by atoms with E-state index in [1.54, 1.807) is 19.1 Å². The lowest BCUT2D eigenvalue weighted by atomic mass is 9.95. The van der Waals surface area contributed by atoms with Crippen LogP contribution in [-0.4, -0.2) is 24.2 Å². The number of H-pyrrole nitrogens is 1. The van der Waals surface area contributed by atoms with Gasteiger partial charge in [0.2, 0.25) is 0 Å². The Morgan fingerprint density at radius 2 is 2.30 bits per heavy atom. The lowest BCUT2D eigenvalue weighted by molar-refractivity contribution is 0.151. The number of ether oxygens (including phenoxy) is 1. The number of carbonyl (C=O) groups is 1. The normalized spacial score (nSPS) is 16.1. The zero-order chi connectivity index (χ0) is 14.2. The molecule has 1 aromatic heterocycles. The van der Waals surface area contributed by atoms with Crippen molar-refractivity contribution in [1.82, 2.24) is 10.3 Å². The molecular formula is C15H17FN2O2. The van der Waals surface area contributed by atoms with Crippen LogP contribution in [0.2, 0.25) is 0 Å². The number of benzene rings is 1. The smallest absolute Gasteiger partial charge is 0.407 e. The molecule has 1 saturated carbocycles. The summed E-state index contributed by atoms with van der Waals surface area (Å²) in [6.07, 6.45) is 3.50. The minimum Gasteiger partial charge on any atom is -0.450 e. The molecule has 0 bridgehead atoms. The molecule has 1 aliphatic rings. The Hall–Kier alpha value is -2.04. The van der Waals surface area contributed by atoms with Crippen LogP contribution in [0.25, 0.3) is 10.9 Å². The summed E-state index contributed by atoms with van der Waals surface area (Å²) in [5, 5.41) is 3.68. The van der Waals surface area contributed by atoms with Gasteiger partial charge in [0.15, 0.2) is 0 Å². The summed E-state index contributed by atoms with van der Waals surface area (Å²) in [7, 11) is 0. The average molecular weight is 276 g/mol. The van der Waals surface area contributed by atoms with Gasteiger partial charge in [-0.3, -0.25) is 0 Å². The number of rotatable bonds is 4. The van der Waals surface area contributed by atoms with Gasteiger partial charge in [-0.25, -0.2) is 9.18 Å². The fourth-order valence-corrected chi connectivity index (χ4v) is 2.65. The zero-order valence-electron chi connectivity index (χ0n) is 11.3. The number of carbonyl (C=O) groups excluding carboxylic acids is 1. The standard InChI is InChI=1S/C15H17FN2O2/c1-2-20-14(19)18-9-15(5-6-15)12-8-17-13-4-3-10(16)7-11(12)13/h3-4,7-8,17H,2,5-6,9H2,1H3,(H,18,19). The van der Waals surface area contributed by atoms with Crippen molar-refractivity contribution < 1.29 is 13.9 Å². The Morgan fingerprint density at radius 3 is 3.00 bits per heavy atom. The molecule has 0 saturated heterocycles. The van der Waals surface area contributed by atoms with Gasteiger partial charge in [0, 0.05) is 29.1 Å². The molecule has 0 radical (unpaired) electrons. The second kappa shape index (κ2) is 4.81. The molecule has 0 aliphatic heterocycles. The third-order valence-electron chi connectivity index (χ3n) is 3.92. The molecule has 0 atom stereocenters. The van der Waals surface area contributed by atoms with E-state index in [1.165, 1.54) is 6.07 Å². The van der Waals surface area contributed by atoms with Crippen molar-refractivity contribution in [3.63, 3.8) is 0 Å². The van der Waals surface area contributed by atoms with Crippen LogP contribution in [0.5, 0.6) is 0 Å². The van der Waals surface area contributed by atoms with Gasteiger partial charge in [0.1, 0.15) is 5.82 Å². The lowest BCUT2D eigenvalue weighted by Crippen LogP contribution is -2.32. The SMILES string of the molecule is CCOC(=O)NCC1(c2c[nH]c3ccc(F)cc23)CC1. The molecule has 2 aromatic rings. The van der Waals surface area contributed by atoms with Crippen LogP contribution in [0.4, 0.5) is 9.18 Å². The molecule has 1 aromatic carbocycles. The first kappa shape index (κ1) is 13.0. The molecule has 0 unspecified atom stereocenters. The number of aromatic amines is 1. The predicted octanol–water partition coefficient (Wildman–Crippen LogP) is 3.08. The second-order valence-electron chi connectivity index (χ2n) is 5.25. The molecule has 1 fully saturated rings. The number of hydrogen-bond acceptors (Lipinski definition) is 2. The fraction of sp³-hybridized carbons (Fsp3) is 0.400. The minimum atomic E-state index is -0.398. The first-order valence-electron chi connectivity index (χ1n) is 6.82. The van der Waals surface area contributed by atoms with Crippen LogP contribution in [0, 0.1) is 5.82 Å². The number of fused-ring (bicyclic) bond motifs is 1. The molecule has 3 rings (SSSR count). The van der Waals surface area contributed by atoms with Crippen LogP contribution in [0.1, 0.15) is 25.3 Å². The summed E-state index contributed by atoms with van der Waals surface area (Å²) in [5.41, 5.74) is 1.91. The van der Waals surface area contributed by atoms with Crippen LogP contribution >= 0.6 is 0 Å². The van der Waals surface area contributed by atoms with E-state index in [-0.39, 0.29) is 11.2 Å². The molecule has 20 heavy (non-hydrogen) atoms. The van der Waals surface area contributed by atoms with E-state index in [9.17, 15) is 9.18 Å². The minimum absolute atomic E-state index is 0.0845. The van der Waals surface area contributed by atoms with Crippen molar-refractivity contribution in [2.45, 2.75) is 25.2 Å². The molecule has 2 N–H and O–H groups in total. The first-order valence-corrected chi connectivity index (χ1v) is 6.82. The fourth-order valence-electron chi connectivity index (χ4n) is 2.65. The summed E-state index contributed by atoms with van der Waals surface area (Å²) in [6.45, 7) is 2.65. The largest absolute Gasteiger partial charge is 0.450 e. The monoisotopic (exact) mass is 276 g/mol. The van der Waals surface area contributed by atoms with Crippen molar-refractivity contribution >= 4 is 17.0 Å². The molecule has 4 nitrogen and oxygen atoms in total. The van der Waals surface area contributed by atoms with E-state index in [0.717, 1.165) is 29.3 Å². The Kier molecular flexibility index (Phi) is 3.12. The topological polar surface area (TPSA) is 54.1 Å². The maximum absolute atomic E-state index is 13.4. The molecule has 1 aliphatic carbocycles. The maximum atomic E-state index is 13.4. The number of hydrogen-bond donors (Lipinski definition) is 2. The number of nitrogens with one attached hydrogen (secondary N) is 2. The summed E-state index contributed by atoms with van der Waals surface area (Å²) in [5.74, 6) is -0.243. The number of halogens is 1. The molecule has 1 amide bonds. The van der Waals surface area contributed by atoms with Crippen molar-refractivity contribution in [2.75, 3.05) is 13.2 Å². The van der Waals surface area contributed by atoms with Gasteiger partial charge in [-0.05, 0) is 43.5 Å². The van der Waals surface area contributed by atoms with Gasteiger partial charge in [-0.1, -0.05) is 0 Å². The van der Waals surface area contributed by atoms with Gasteiger partial charge in [-0.2, -0.15) is 0 Å². The second-order valence-corrected chi connectivity index (χ2v) is 5.25. The van der Waals surface area contributed by atoms with E-state index in [0.29, 0.717) is 13.2 Å². The van der Waals surface area contributed by atoms with Gasteiger partial charge in [-0.15, -0.1) is 0 Å². The van der Waals surface area contributed by atoms with Gasteiger partial charge in [0.05, 0.1) is 6.61 Å². The van der Waals surface area contributed by atoms with Crippen molar-refractivity contribution in [3.8, 4) is 0 Å². The lowest BCUT2D eigenvalue weighted by Gasteiger charge is -2.15. The third-order valence-corrected chi connectivity index (χ3v) is 3.92. The van der Waals surface area contributed by atoms with Crippen LogP contribution in [0.3, 0.4) is 0 Å². The number of aromatic nitrogens is 1. The first-order chi connectivity index (χ1) is 9.64. The Balaban J connectivity index is 1.83. The van der Waals surface area contributed by atoms with Crippen molar-refractivity contribution in [2.24, 2.45) is 0 Å². The van der Waals surface area contributed by atoms with Gasteiger partial charge >= 0.3 is 6.09 Å². The summed E-state index contributed by atoms with van der Waals surface area (Å²) >= 11 is 0. The quantitative estimate of drug-likeness (QED) is 0.901. The van der Waals surface area contributed by atoms with Gasteiger partial charge < -0.3 is 15.0 Å². The average Bonchev–Trinajstić information content (AvgIpc) is 3.10. The Bertz CT molecular complexity index is 646. The van der Waals surface area contributed by atoms with E-state index in [1.807, 2.05) is 6.20 Å².